The van der Waals surface area contributed by atoms with Gasteiger partial charge >= 0.3 is 5.97 Å². The van der Waals surface area contributed by atoms with Crippen LogP contribution >= 0.6 is 0 Å². The Morgan fingerprint density at radius 3 is 2.68 bits per heavy atom. The maximum Gasteiger partial charge on any atom is 0.303 e. The molecule has 0 atom stereocenters. The third-order valence-corrected chi connectivity index (χ3v) is 3.31. The zero-order chi connectivity index (χ0) is 18.1. The first kappa shape index (κ1) is 18.5. The number of nitrogens with zero attached hydrogens (tertiary/aromatic N) is 2. The van der Waals surface area contributed by atoms with Gasteiger partial charge < -0.3 is 19.9 Å². The van der Waals surface area contributed by atoms with E-state index in [1.165, 1.54) is 0 Å². The van der Waals surface area contributed by atoms with Crippen LogP contribution in [0, 0.1) is 0 Å². The van der Waals surface area contributed by atoms with Crippen molar-refractivity contribution in [1.82, 2.24) is 15.1 Å². The van der Waals surface area contributed by atoms with E-state index in [1.54, 1.807) is 18.0 Å². The molecule has 2 N–H and O–H groups in total. The Hall–Kier alpha value is -2.87. The minimum atomic E-state index is -0.897. The van der Waals surface area contributed by atoms with Crippen molar-refractivity contribution in [1.29, 1.82) is 0 Å². The van der Waals surface area contributed by atoms with Gasteiger partial charge in [0.2, 0.25) is 0 Å². The van der Waals surface area contributed by atoms with Gasteiger partial charge in [-0.1, -0.05) is 18.2 Å². The van der Waals surface area contributed by atoms with Crippen molar-refractivity contribution in [2.45, 2.75) is 12.8 Å². The molecule has 0 saturated heterocycles. The lowest BCUT2D eigenvalue weighted by Crippen LogP contribution is -2.26. The highest BCUT2D eigenvalue weighted by Crippen LogP contribution is 2.20. The maximum atomic E-state index is 12.3. The summed E-state index contributed by atoms with van der Waals surface area (Å²) in [6, 6.07) is 9.35. The molecule has 8 nitrogen and oxygen atoms in total. The van der Waals surface area contributed by atoms with Crippen LogP contribution in [-0.4, -0.2) is 53.6 Å². The molecule has 2 rings (SSSR count). The zero-order valence-electron chi connectivity index (χ0n) is 14.0. The molecule has 25 heavy (non-hydrogen) atoms. The summed E-state index contributed by atoms with van der Waals surface area (Å²) in [6.07, 6.45) is 1.98. The molecule has 0 radical (unpaired) electrons. The molecular formula is C17H21N3O5. The molecule has 0 saturated carbocycles. The topological polar surface area (TPSA) is 103 Å². The van der Waals surface area contributed by atoms with Crippen LogP contribution in [0.1, 0.15) is 23.3 Å². The van der Waals surface area contributed by atoms with Crippen molar-refractivity contribution in [2.24, 2.45) is 0 Å². The summed E-state index contributed by atoms with van der Waals surface area (Å²) < 4.78 is 12.1. The smallest absolute Gasteiger partial charge is 0.303 e. The number of aliphatic carboxylic acids is 1. The monoisotopic (exact) mass is 347 g/mol. The largest absolute Gasteiger partial charge is 0.487 e. The molecule has 0 aliphatic carbocycles. The van der Waals surface area contributed by atoms with Crippen LogP contribution in [0.2, 0.25) is 0 Å². The highest BCUT2D eigenvalue weighted by Gasteiger charge is 2.18. The molecule has 1 aromatic heterocycles. The number of carbonyl (C=O) groups excluding carboxylic acids is 1. The number of carboxylic acid groups (broad SMARTS) is 1. The molecule has 0 unspecified atom stereocenters. The van der Waals surface area contributed by atoms with Gasteiger partial charge in [0.05, 0.1) is 18.5 Å². The number of nitrogens with one attached hydrogen (secondary N) is 1. The van der Waals surface area contributed by atoms with Crippen LogP contribution in [0.3, 0.4) is 0 Å². The fraction of sp³-hybridized carbons (Fsp3) is 0.353. The molecule has 134 valence electrons. The summed E-state index contributed by atoms with van der Waals surface area (Å²) in [5, 5.41) is 15.6. The fourth-order valence-corrected chi connectivity index (χ4v) is 2.09. The van der Waals surface area contributed by atoms with Crippen molar-refractivity contribution >= 4 is 11.9 Å². The third kappa shape index (κ3) is 5.61. The number of aromatic nitrogens is 2. The van der Waals surface area contributed by atoms with Crippen LogP contribution < -0.4 is 10.1 Å². The zero-order valence-corrected chi connectivity index (χ0v) is 14.0. The number of para-hydroxylation sites is 1. The number of amides is 1. The van der Waals surface area contributed by atoms with Gasteiger partial charge in [0, 0.05) is 20.1 Å². The average molecular weight is 347 g/mol. The summed E-state index contributed by atoms with van der Waals surface area (Å²) in [7, 11) is 1.56. The molecule has 0 aliphatic heterocycles. The Bertz CT molecular complexity index is 700. The number of benzene rings is 1. The Balaban J connectivity index is 2.11. The van der Waals surface area contributed by atoms with Gasteiger partial charge in [-0.05, 0) is 18.6 Å². The van der Waals surface area contributed by atoms with E-state index in [9.17, 15) is 9.59 Å². The first-order chi connectivity index (χ1) is 12.1. The Morgan fingerprint density at radius 2 is 2.00 bits per heavy atom. The summed E-state index contributed by atoms with van der Waals surface area (Å²) >= 11 is 0. The molecule has 8 heteroatoms. The van der Waals surface area contributed by atoms with E-state index in [1.807, 2.05) is 30.3 Å². The minimum absolute atomic E-state index is 0.00404. The maximum absolute atomic E-state index is 12.3. The number of carbonyl (C=O) groups is 2. The Kier molecular flexibility index (Phi) is 6.97. The van der Waals surface area contributed by atoms with Gasteiger partial charge in [-0.15, -0.1) is 0 Å². The number of rotatable bonds is 10. The standard InChI is InChI=1S/C17H21N3O5/c1-24-10-11-25-14-12-20(13-6-3-2-4-7-13)19-16(14)17(23)18-9-5-8-15(21)22/h2-4,6-7,12H,5,8-11H2,1H3,(H,18,23)(H,21,22). The van der Waals surface area contributed by atoms with Gasteiger partial charge in [-0.25, -0.2) is 4.68 Å². The summed E-state index contributed by atoms with van der Waals surface area (Å²) in [5.74, 6) is -0.963. The van der Waals surface area contributed by atoms with E-state index < -0.39 is 11.9 Å². The van der Waals surface area contributed by atoms with Gasteiger partial charge in [-0.2, -0.15) is 5.10 Å². The third-order valence-electron chi connectivity index (χ3n) is 3.31. The van der Waals surface area contributed by atoms with Crippen molar-refractivity contribution in [2.75, 3.05) is 26.9 Å². The van der Waals surface area contributed by atoms with Crippen LogP contribution in [0.5, 0.6) is 5.75 Å². The van der Waals surface area contributed by atoms with Crippen molar-refractivity contribution < 1.29 is 24.2 Å². The van der Waals surface area contributed by atoms with Crippen molar-refractivity contribution in [3.05, 3.63) is 42.2 Å². The number of carboxylic acids is 1. The lowest BCUT2D eigenvalue weighted by Gasteiger charge is -2.06. The lowest BCUT2D eigenvalue weighted by atomic mass is 10.3. The van der Waals surface area contributed by atoms with E-state index in [-0.39, 0.29) is 25.3 Å². The molecule has 1 amide bonds. The quantitative estimate of drug-likeness (QED) is 0.631. The molecular weight excluding hydrogens is 326 g/mol. The predicted octanol–water partition coefficient (Wildman–Crippen LogP) is 1.49. The van der Waals surface area contributed by atoms with Crippen LogP contribution in [0.15, 0.2) is 36.5 Å². The molecule has 1 heterocycles. The van der Waals surface area contributed by atoms with Gasteiger partial charge in [0.1, 0.15) is 6.61 Å². The van der Waals surface area contributed by atoms with E-state index in [2.05, 4.69) is 10.4 Å². The van der Waals surface area contributed by atoms with E-state index in [0.29, 0.717) is 18.8 Å². The molecule has 1 aromatic carbocycles. The van der Waals surface area contributed by atoms with E-state index in [0.717, 1.165) is 5.69 Å². The number of hydrogen-bond donors (Lipinski definition) is 2. The van der Waals surface area contributed by atoms with Gasteiger partial charge in [0.25, 0.3) is 5.91 Å². The summed E-state index contributed by atoms with van der Waals surface area (Å²) in [4.78, 5) is 22.9. The molecule has 0 spiro atoms. The summed E-state index contributed by atoms with van der Waals surface area (Å²) in [6.45, 7) is 0.924. The molecule has 2 aromatic rings. The second kappa shape index (κ2) is 9.43. The lowest BCUT2D eigenvalue weighted by molar-refractivity contribution is -0.137. The second-order valence-corrected chi connectivity index (χ2v) is 5.22. The van der Waals surface area contributed by atoms with Crippen LogP contribution in [0.4, 0.5) is 0 Å². The number of ether oxygens (including phenoxy) is 2. The molecule has 0 bridgehead atoms. The highest BCUT2D eigenvalue weighted by molar-refractivity contribution is 5.95. The molecule has 0 aliphatic rings. The highest BCUT2D eigenvalue weighted by atomic mass is 16.5. The van der Waals surface area contributed by atoms with Crippen molar-refractivity contribution in [3.8, 4) is 11.4 Å². The Morgan fingerprint density at radius 1 is 1.24 bits per heavy atom. The normalized spacial score (nSPS) is 10.4. The number of methoxy groups -OCH3 is 1. The van der Waals surface area contributed by atoms with Crippen LogP contribution in [0.25, 0.3) is 5.69 Å². The second-order valence-electron chi connectivity index (χ2n) is 5.22. The van der Waals surface area contributed by atoms with E-state index >= 15 is 0 Å². The Labute approximate surface area is 145 Å². The first-order valence-electron chi connectivity index (χ1n) is 7.88. The van der Waals surface area contributed by atoms with Gasteiger partial charge in [0.15, 0.2) is 11.4 Å². The first-order valence-corrected chi connectivity index (χ1v) is 7.88. The van der Waals surface area contributed by atoms with Crippen molar-refractivity contribution in [3.63, 3.8) is 0 Å². The van der Waals surface area contributed by atoms with Crippen LogP contribution in [-0.2, 0) is 9.53 Å². The SMILES string of the molecule is COCCOc1cn(-c2ccccc2)nc1C(=O)NCCCC(=O)O. The van der Waals surface area contributed by atoms with Gasteiger partial charge in [-0.3, -0.25) is 9.59 Å². The minimum Gasteiger partial charge on any atom is -0.487 e. The fourth-order valence-electron chi connectivity index (χ4n) is 2.09. The summed E-state index contributed by atoms with van der Waals surface area (Å²) in [5.41, 5.74) is 0.944. The number of hydrogen-bond acceptors (Lipinski definition) is 5. The van der Waals surface area contributed by atoms with E-state index in [4.69, 9.17) is 14.6 Å². The predicted molar refractivity (Wildman–Crippen MR) is 90.1 cm³/mol. The average Bonchev–Trinajstić information content (AvgIpc) is 3.04. The molecule has 0 fully saturated rings.